The Morgan fingerprint density at radius 3 is 2.43 bits per heavy atom. The molecule has 7 heteroatoms. The minimum Gasteiger partial charge on any atom is -0.496 e. The van der Waals surface area contributed by atoms with Gasteiger partial charge in [0.25, 0.3) is 0 Å². The molecule has 35 heavy (non-hydrogen) atoms. The summed E-state index contributed by atoms with van der Waals surface area (Å²) in [4.78, 5) is 37.0. The van der Waals surface area contributed by atoms with E-state index in [9.17, 15) is 14.4 Å². The highest BCUT2D eigenvalue weighted by Gasteiger charge is 2.38. The first-order valence-electron chi connectivity index (χ1n) is 11.9. The molecule has 0 radical (unpaired) electrons. The molecular weight excluding hydrogens is 442 g/mol. The highest BCUT2D eigenvalue weighted by atomic mass is 16.5. The number of ether oxygens (including phenoxy) is 1. The number of carbonyl (C=O) groups is 3. The Hall–Kier alpha value is -3.87. The van der Waals surface area contributed by atoms with Gasteiger partial charge < -0.3 is 21.1 Å². The molecule has 182 valence electrons. The van der Waals surface area contributed by atoms with Gasteiger partial charge in [-0.15, -0.1) is 0 Å². The standard InChI is InChI=1S/C28H31N3O4/c1-35-24-12-11-20(21-9-5-6-10-22(21)24)18-28(16-14-26(33)31-28)15-13-25(32)30-23(27(29)34)17-19-7-3-2-4-8-19/h2-12,23H,13-18H2,1H3,(H2,29,34)(H,30,32)(H,31,33)/t23-,28+/m0/s1. The summed E-state index contributed by atoms with van der Waals surface area (Å²) >= 11 is 0. The van der Waals surface area contributed by atoms with Crippen molar-refractivity contribution in [1.82, 2.24) is 10.6 Å². The molecule has 4 N–H and O–H groups in total. The van der Waals surface area contributed by atoms with Crippen molar-refractivity contribution in [2.24, 2.45) is 5.73 Å². The van der Waals surface area contributed by atoms with Gasteiger partial charge in [-0.05, 0) is 41.8 Å². The van der Waals surface area contributed by atoms with E-state index in [1.165, 1.54) is 0 Å². The quantitative estimate of drug-likeness (QED) is 0.420. The van der Waals surface area contributed by atoms with Gasteiger partial charge in [0.2, 0.25) is 17.7 Å². The number of amides is 3. The second-order valence-corrected chi connectivity index (χ2v) is 9.19. The van der Waals surface area contributed by atoms with Gasteiger partial charge >= 0.3 is 0 Å². The molecule has 0 unspecified atom stereocenters. The van der Waals surface area contributed by atoms with E-state index < -0.39 is 17.5 Å². The molecular formula is C28H31N3O4. The first-order chi connectivity index (χ1) is 16.9. The van der Waals surface area contributed by atoms with Crippen LogP contribution in [0.5, 0.6) is 5.75 Å². The minimum absolute atomic E-state index is 0.0117. The Labute approximate surface area is 205 Å². The molecule has 1 saturated heterocycles. The van der Waals surface area contributed by atoms with Crippen LogP contribution >= 0.6 is 0 Å². The van der Waals surface area contributed by atoms with E-state index in [0.29, 0.717) is 32.1 Å². The lowest BCUT2D eigenvalue weighted by Gasteiger charge is -2.30. The van der Waals surface area contributed by atoms with E-state index >= 15 is 0 Å². The van der Waals surface area contributed by atoms with E-state index in [0.717, 1.165) is 27.6 Å². The average Bonchev–Trinajstić information content (AvgIpc) is 3.23. The fourth-order valence-electron chi connectivity index (χ4n) is 4.90. The third kappa shape index (κ3) is 5.80. The van der Waals surface area contributed by atoms with Gasteiger partial charge in [-0.1, -0.05) is 60.7 Å². The smallest absolute Gasteiger partial charge is 0.240 e. The molecule has 3 amide bonds. The summed E-state index contributed by atoms with van der Waals surface area (Å²) in [5.41, 5.74) is 7.02. The number of primary amides is 1. The zero-order chi connectivity index (χ0) is 24.8. The highest BCUT2D eigenvalue weighted by molar-refractivity contribution is 5.91. The molecule has 2 atom stereocenters. The maximum atomic E-state index is 12.8. The van der Waals surface area contributed by atoms with Crippen LogP contribution in [-0.4, -0.2) is 36.4 Å². The van der Waals surface area contributed by atoms with Crippen molar-refractivity contribution >= 4 is 28.5 Å². The van der Waals surface area contributed by atoms with Crippen molar-refractivity contribution in [3.8, 4) is 5.75 Å². The number of nitrogens with one attached hydrogen (secondary N) is 2. The number of hydrogen-bond donors (Lipinski definition) is 3. The lowest BCUT2D eigenvalue weighted by Crippen LogP contribution is -2.48. The lowest BCUT2D eigenvalue weighted by molar-refractivity contribution is -0.127. The van der Waals surface area contributed by atoms with E-state index in [4.69, 9.17) is 10.5 Å². The van der Waals surface area contributed by atoms with Crippen LogP contribution in [0.4, 0.5) is 0 Å². The summed E-state index contributed by atoms with van der Waals surface area (Å²) in [5, 5.41) is 7.99. The van der Waals surface area contributed by atoms with Crippen molar-refractivity contribution in [1.29, 1.82) is 0 Å². The van der Waals surface area contributed by atoms with Crippen LogP contribution in [0.1, 0.15) is 36.8 Å². The highest BCUT2D eigenvalue weighted by Crippen LogP contribution is 2.34. The molecule has 1 aliphatic heterocycles. The number of benzene rings is 3. The van der Waals surface area contributed by atoms with Crippen LogP contribution in [-0.2, 0) is 27.2 Å². The maximum Gasteiger partial charge on any atom is 0.240 e. The second-order valence-electron chi connectivity index (χ2n) is 9.19. The van der Waals surface area contributed by atoms with Crippen LogP contribution in [0.3, 0.4) is 0 Å². The summed E-state index contributed by atoms with van der Waals surface area (Å²) in [6.45, 7) is 0. The van der Waals surface area contributed by atoms with Gasteiger partial charge in [0, 0.05) is 30.2 Å². The molecule has 0 aromatic heterocycles. The lowest BCUT2D eigenvalue weighted by atomic mass is 9.83. The molecule has 0 spiro atoms. The predicted molar refractivity (Wildman–Crippen MR) is 135 cm³/mol. The van der Waals surface area contributed by atoms with Crippen LogP contribution in [0.15, 0.2) is 66.7 Å². The Morgan fingerprint density at radius 1 is 1.06 bits per heavy atom. The summed E-state index contributed by atoms with van der Waals surface area (Å²) in [5.74, 6) is -0.0490. The van der Waals surface area contributed by atoms with Crippen LogP contribution in [0.25, 0.3) is 10.8 Å². The molecule has 4 rings (SSSR count). The monoisotopic (exact) mass is 473 g/mol. The predicted octanol–water partition coefficient (Wildman–Crippen LogP) is 3.03. The number of rotatable bonds is 10. The van der Waals surface area contributed by atoms with E-state index in [2.05, 4.69) is 10.6 Å². The van der Waals surface area contributed by atoms with Crippen molar-refractivity contribution in [3.63, 3.8) is 0 Å². The van der Waals surface area contributed by atoms with Crippen molar-refractivity contribution in [2.75, 3.05) is 7.11 Å². The first kappa shape index (κ1) is 24.3. The van der Waals surface area contributed by atoms with Gasteiger partial charge in [-0.3, -0.25) is 14.4 Å². The average molecular weight is 474 g/mol. The van der Waals surface area contributed by atoms with Crippen LogP contribution in [0.2, 0.25) is 0 Å². The molecule has 0 saturated carbocycles. The fourth-order valence-corrected chi connectivity index (χ4v) is 4.90. The molecule has 7 nitrogen and oxygen atoms in total. The van der Waals surface area contributed by atoms with Crippen molar-refractivity contribution < 1.29 is 19.1 Å². The fraction of sp³-hybridized carbons (Fsp3) is 0.321. The van der Waals surface area contributed by atoms with Crippen molar-refractivity contribution in [2.45, 2.75) is 50.1 Å². The van der Waals surface area contributed by atoms with E-state index in [1.54, 1.807) is 7.11 Å². The number of methoxy groups -OCH3 is 1. The van der Waals surface area contributed by atoms with Gasteiger partial charge in [0.15, 0.2) is 0 Å². The molecule has 1 heterocycles. The van der Waals surface area contributed by atoms with Crippen LogP contribution < -0.4 is 21.1 Å². The van der Waals surface area contributed by atoms with Crippen LogP contribution in [0, 0.1) is 0 Å². The SMILES string of the molecule is COc1ccc(C[C@@]2(CCC(=O)N[C@@H](Cc3ccccc3)C(N)=O)CCC(=O)N2)c2ccccc12. The van der Waals surface area contributed by atoms with Gasteiger partial charge in [-0.2, -0.15) is 0 Å². The normalized spacial score (nSPS) is 18.1. The summed E-state index contributed by atoms with van der Waals surface area (Å²) in [6, 6.07) is 20.6. The summed E-state index contributed by atoms with van der Waals surface area (Å²) in [6.07, 6.45) is 2.63. The molecule has 3 aromatic carbocycles. The second kappa shape index (κ2) is 10.6. The topological polar surface area (TPSA) is 111 Å². The number of nitrogens with two attached hydrogens (primary N) is 1. The zero-order valence-corrected chi connectivity index (χ0v) is 19.9. The summed E-state index contributed by atoms with van der Waals surface area (Å²) < 4.78 is 5.51. The largest absolute Gasteiger partial charge is 0.496 e. The Kier molecular flexibility index (Phi) is 7.34. The third-order valence-corrected chi connectivity index (χ3v) is 6.75. The molecule has 0 aliphatic carbocycles. The first-order valence-corrected chi connectivity index (χ1v) is 11.9. The molecule has 0 bridgehead atoms. The van der Waals surface area contributed by atoms with Gasteiger partial charge in [0.05, 0.1) is 7.11 Å². The third-order valence-electron chi connectivity index (χ3n) is 6.75. The van der Waals surface area contributed by atoms with Gasteiger partial charge in [0.1, 0.15) is 11.8 Å². The molecule has 1 aliphatic rings. The molecule has 3 aromatic rings. The summed E-state index contributed by atoms with van der Waals surface area (Å²) in [7, 11) is 1.65. The number of fused-ring (bicyclic) bond motifs is 1. The minimum atomic E-state index is -0.787. The number of carbonyl (C=O) groups excluding carboxylic acids is 3. The zero-order valence-electron chi connectivity index (χ0n) is 19.9. The Balaban J connectivity index is 1.48. The Bertz CT molecular complexity index is 1230. The van der Waals surface area contributed by atoms with Gasteiger partial charge in [-0.25, -0.2) is 0 Å². The number of hydrogen-bond acceptors (Lipinski definition) is 4. The Morgan fingerprint density at radius 2 is 1.77 bits per heavy atom. The van der Waals surface area contributed by atoms with E-state index in [1.807, 2.05) is 66.7 Å². The van der Waals surface area contributed by atoms with E-state index in [-0.39, 0.29) is 18.2 Å². The maximum absolute atomic E-state index is 12.8. The van der Waals surface area contributed by atoms with Crippen molar-refractivity contribution in [3.05, 3.63) is 77.9 Å². The molecule has 1 fully saturated rings.